The molecule has 2 heterocycles. The molecule has 4 rings (SSSR count). The third kappa shape index (κ3) is 2.21. The second-order valence-corrected chi connectivity index (χ2v) is 6.17. The lowest BCUT2D eigenvalue weighted by Crippen LogP contribution is -2.12. The number of anilines is 1. The van der Waals surface area contributed by atoms with Gasteiger partial charge in [-0.3, -0.25) is 0 Å². The van der Waals surface area contributed by atoms with Crippen molar-refractivity contribution in [2.45, 2.75) is 38.6 Å². The van der Waals surface area contributed by atoms with E-state index in [1.807, 2.05) is 28.8 Å². The van der Waals surface area contributed by atoms with Crippen LogP contribution in [0.25, 0.3) is 22.2 Å². The average Bonchev–Trinajstić information content (AvgIpc) is 3.18. The van der Waals surface area contributed by atoms with Gasteiger partial charge in [-0.2, -0.15) is 0 Å². The molecule has 6 heteroatoms. The van der Waals surface area contributed by atoms with Crippen LogP contribution in [0.2, 0.25) is 0 Å². The van der Waals surface area contributed by atoms with Crippen LogP contribution in [0, 0.1) is 0 Å². The molecule has 24 heavy (non-hydrogen) atoms. The molecule has 1 fully saturated rings. The first-order valence-electron chi connectivity index (χ1n) is 8.44. The van der Waals surface area contributed by atoms with Crippen molar-refractivity contribution < 1.29 is 9.53 Å². The highest BCUT2D eigenvalue weighted by Crippen LogP contribution is 2.38. The van der Waals surface area contributed by atoms with E-state index >= 15 is 0 Å². The molecule has 0 aliphatic heterocycles. The number of rotatable bonds is 3. The minimum Gasteiger partial charge on any atom is -0.462 e. The molecular formula is C18H20N4O2. The molecule has 0 bridgehead atoms. The topological polar surface area (TPSA) is 83.0 Å². The van der Waals surface area contributed by atoms with E-state index in [0.717, 1.165) is 23.9 Å². The Balaban J connectivity index is 2.03. The Hall–Kier alpha value is -2.63. The average molecular weight is 324 g/mol. The highest BCUT2D eigenvalue weighted by atomic mass is 16.5. The van der Waals surface area contributed by atoms with Crippen molar-refractivity contribution in [3.05, 3.63) is 29.8 Å². The van der Waals surface area contributed by atoms with E-state index in [4.69, 9.17) is 15.5 Å². The van der Waals surface area contributed by atoms with Crippen LogP contribution in [-0.2, 0) is 4.74 Å². The quantitative estimate of drug-likeness (QED) is 0.746. The van der Waals surface area contributed by atoms with Crippen LogP contribution in [0.15, 0.2) is 24.3 Å². The summed E-state index contributed by atoms with van der Waals surface area (Å²) in [7, 11) is 0. The van der Waals surface area contributed by atoms with Crippen LogP contribution in [0.4, 0.5) is 5.82 Å². The van der Waals surface area contributed by atoms with E-state index in [2.05, 4.69) is 4.98 Å². The number of nitrogens with two attached hydrogens (primary N) is 1. The summed E-state index contributed by atoms with van der Waals surface area (Å²) in [6.07, 6.45) is 4.43. The van der Waals surface area contributed by atoms with Gasteiger partial charge in [0.15, 0.2) is 5.65 Å². The molecule has 1 aliphatic rings. The lowest BCUT2D eigenvalue weighted by atomic mass is 10.2. The van der Waals surface area contributed by atoms with Gasteiger partial charge >= 0.3 is 5.97 Å². The first-order valence-corrected chi connectivity index (χ1v) is 8.44. The summed E-state index contributed by atoms with van der Waals surface area (Å²) in [5.41, 5.74) is 9.49. The Bertz CT molecular complexity index is 926. The van der Waals surface area contributed by atoms with Gasteiger partial charge in [-0.05, 0) is 31.9 Å². The molecule has 2 N–H and O–H groups in total. The zero-order valence-electron chi connectivity index (χ0n) is 13.7. The van der Waals surface area contributed by atoms with E-state index in [-0.39, 0.29) is 6.04 Å². The highest BCUT2D eigenvalue weighted by Gasteiger charge is 2.29. The highest BCUT2D eigenvalue weighted by molar-refractivity contribution is 6.08. The zero-order chi connectivity index (χ0) is 16.7. The van der Waals surface area contributed by atoms with Crippen molar-refractivity contribution in [3.8, 4) is 0 Å². The summed E-state index contributed by atoms with van der Waals surface area (Å²) in [5, 5.41) is 0. The van der Waals surface area contributed by atoms with E-state index in [9.17, 15) is 4.79 Å². The number of carbonyl (C=O) groups excluding carboxylic acids is 1. The van der Waals surface area contributed by atoms with Crippen LogP contribution in [-0.4, -0.2) is 27.1 Å². The number of hydrogen-bond acceptors (Lipinski definition) is 5. The number of fused-ring (bicyclic) bond motifs is 2. The number of carbonyl (C=O) groups is 1. The van der Waals surface area contributed by atoms with Gasteiger partial charge in [-0.1, -0.05) is 25.0 Å². The Morgan fingerprint density at radius 1 is 1.25 bits per heavy atom. The van der Waals surface area contributed by atoms with Gasteiger partial charge in [0.1, 0.15) is 16.9 Å². The lowest BCUT2D eigenvalue weighted by molar-refractivity contribution is 0.0529. The van der Waals surface area contributed by atoms with Crippen molar-refractivity contribution in [1.29, 1.82) is 0 Å². The van der Waals surface area contributed by atoms with Crippen molar-refractivity contribution in [2.24, 2.45) is 0 Å². The van der Waals surface area contributed by atoms with Gasteiger partial charge in [-0.15, -0.1) is 0 Å². The predicted molar refractivity (Wildman–Crippen MR) is 92.9 cm³/mol. The molecule has 1 aromatic carbocycles. The summed E-state index contributed by atoms with van der Waals surface area (Å²) >= 11 is 0. The molecule has 0 radical (unpaired) electrons. The van der Waals surface area contributed by atoms with E-state index in [0.29, 0.717) is 29.2 Å². The number of hydrogen-bond donors (Lipinski definition) is 1. The van der Waals surface area contributed by atoms with Crippen LogP contribution >= 0.6 is 0 Å². The number of ether oxygens (including phenoxy) is 1. The Morgan fingerprint density at radius 3 is 2.58 bits per heavy atom. The van der Waals surface area contributed by atoms with Gasteiger partial charge < -0.3 is 15.0 Å². The van der Waals surface area contributed by atoms with Crippen molar-refractivity contribution in [3.63, 3.8) is 0 Å². The van der Waals surface area contributed by atoms with E-state index in [1.165, 1.54) is 12.8 Å². The largest absolute Gasteiger partial charge is 0.462 e. The minimum atomic E-state index is -0.429. The number of nitrogens with zero attached hydrogens (tertiary/aromatic N) is 3. The zero-order valence-corrected chi connectivity index (χ0v) is 13.7. The Morgan fingerprint density at radius 2 is 1.92 bits per heavy atom. The maximum Gasteiger partial charge on any atom is 0.344 e. The number of esters is 1. The van der Waals surface area contributed by atoms with Crippen molar-refractivity contribution in [1.82, 2.24) is 14.5 Å². The molecule has 1 aliphatic carbocycles. The molecule has 0 atom stereocenters. The van der Waals surface area contributed by atoms with Crippen LogP contribution in [0.3, 0.4) is 0 Å². The molecule has 6 nitrogen and oxygen atoms in total. The SMILES string of the molecule is CCOC(=O)c1c(N)n(C2CCCC2)c2nc3ccccc3nc12. The number of aromatic nitrogens is 3. The Kier molecular flexibility index (Phi) is 3.59. The molecule has 0 spiro atoms. The normalized spacial score (nSPS) is 15.4. The number of benzene rings is 1. The molecule has 0 amide bonds. The number of nitrogen functional groups attached to an aromatic ring is 1. The summed E-state index contributed by atoms with van der Waals surface area (Å²) < 4.78 is 7.20. The molecule has 2 aromatic heterocycles. The maximum atomic E-state index is 12.5. The molecule has 3 aromatic rings. The van der Waals surface area contributed by atoms with Crippen LogP contribution in [0.5, 0.6) is 0 Å². The second kappa shape index (κ2) is 5.78. The molecule has 124 valence electrons. The summed E-state index contributed by atoms with van der Waals surface area (Å²) in [6.45, 7) is 2.08. The predicted octanol–water partition coefficient (Wildman–Crippen LogP) is 3.46. The van der Waals surface area contributed by atoms with Gasteiger partial charge in [0.2, 0.25) is 0 Å². The number of para-hydroxylation sites is 2. The summed E-state index contributed by atoms with van der Waals surface area (Å²) in [4.78, 5) is 21.9. The monoisotopic (exact) mass is 324 g/mol. The fraction of sp³-hybridized carbons (Fsp3) is 0.389. The summed E-state index contributed by atoms with van der Waals surface area (Å²) in [6, 6.07) is 7.92. The first-order chi connectivity index (χ1) is 11.7. The van der Waals surface area contributed by atoms with Gasteiger partial charge in [0.25, 0.3) is 0 Å². The molecule has 1 saturated carbocycles. The smallest absolute Gasteiger partial charge is 0.344 e. The molecule has 0 saturated heterocycles. The molecular weight excluding hydrogens is 304 g/mol. The maximum absolute atomic E-state index is 12.5. The van der Waals surface area contributed by atoms with Gasteiger partial charge in [0.05, 0.1) is 17.6 Å². The van der Waals surface area contributed by atoms with Gasteiger partial charge in [-0.25, -0.2) is 14.8 Å². The summed E-state index contributed by atoms with van der Waals surface area (Å²) in [5.74, 6) is -0.00742. The first kappa shape index (κ1) is 14.9. The van der Waals surface area contributed by atoms with Gasteiger partial charge in [0, 0.05) is 6.04 Å². The van der Waals surface area contributed by atoms with E-state index in [1.54, 1.807) is 6.92 Å². The standard InChI is InChI=1S/C18H20N4O2/c1-2-24-18(23)14-15-17(21-13-10-6-5-9-12(13)20-15)22(16(14)19)11-7-3-4-8-11/h5-6,9-11H,2-4,7-8,19H2,1H3. The van der Waals surface area contributed by atoms with Crippen molar-refractivity contribution >= 4 is 34.0 Å². The molecule has 0 unspecified atom stereocenters. The van der Waals surface area contributed by atoms with E-state index < -0.39 is 5.97 Å². The fourth-order valence-corrected chi connectivity index (χ4v) is 3.62. The third-order valence-corrected chi connectivity index (χ3v) is 4.70. The third-order valence-electron chi connectivity index (χ3n) is 4.70. The lowest BCUT2D eigenvalue weighted by Gasteiger charge is -2.15. The van der Waals surface area contributed by atoms with Crippen LogP contribution < -0.4 is 5.73 Å². The Labute approximate surface area is 139 Å². The van der Waals surface area contributed by atoms with Crippen molar-refractivity contribution in [2.75, 3.05) is 12.3 Å². The van der Waals surface area contributed by atoms with Crippen LogP contribution in [0.1, 0.15) is 49.0 Å². The minimum absolute atomic E-state index is 0.270. The second-order valence-electron chi connectivity index (χ2n) is 6.17. The fourth-order valence-electron chi connectivity index (χ4n) is 3.62.